The normalized spacial score (nSPS) is 25.4. The standard InChI is InChI=1S/C16H22N2O2/c1-16(2)8-7-13(20-16)11-18-14-6-4-3-5-12(14)9-17-10-15(18)19/h3-6,13,17H,7-11H2,1-2H3. The van der Waals surface area contributed by atoms with Crippen molar-refractivity contribution in [3.8, 4) is 0 Å². The monoisotopic (exact) mass is 274 g/mol. The molecule has 1 saturated heterocycles. The molecule has 20 heavy (non-hydrogen) atoms. The van der Waals surface area contributed by atoms with Gasteiger partial charge in [0, 0.05) is 12.2 Å². The molecule has 2 aliphatic rings. The molecule has 2 aliphatic heterocycles. The van der Waals surface area contributed by atoms with Crippen molar-refractivity contribution in [1.29, 1.82) is 0 Å². The molecule has 1 atom stereocenters. The van der Waals surface area contributed by atoms with Crippen LogP contribution in [0, 0.1) is 0 Å². The Labute approximate surface area is 120 Å². The highest BCUT2D eigenvalue weighted by Crippen LogP contribution is 2.31. The molecule has 1 aromatic rings. The second-order valence-electron chi connectivity index (χ2n) is 6.27. The predicted molar refractivity (Wildman–Crippen MR) is 78.7 cm³/mol. The van der Waals surface area contributed by atoms with Crippen LogP contribution in [0.25, 0.3) is 0 Å². The molecule has 1 amide bonds. The number of benzene rings is 1. The molecular formula is C16H22N2O2. The maximum Gasteiger partial charge on any atom is 0.241 e. The van der Waals surface area contributed by atoms with Gasteiger partial charge in [0.25, 0.3) is 0 Å². The van der Waals surface area contributed by atoms with Gasteiger partial charge >= 0.3 is 0 Å². The van der Waals surface area contributed by atoms with Crippen LogP contribution in [0.5, 0.6) is 0 Å². The van der Waals surface area contributed by atoms with Gasteiger partial charge in [0.2, 0.25) is 5.91 Å². The summed E-state index contributed by atoms with van der Waals surface area (Å²) < 4.78 is 6.04. The first kappa shape index (κ1) is 13.6. The molecule has 4 nitrogen and oxygen atoms in total. The number of ether oxygens (including phenoxy) is 1. The molecule has 0 aliphatic carbocycles. The van der Waals surface area contributed by atoms with Crippen molar-refractivity contribution in [1.82, 2.24) is 5.32 Å². The van der Waals surface area contributed by atoms with E-state index in [2.05, 4.69) is 25.2 Å². The zero-order valence-electron chi connectivity index (χ0n) is 12.2. The number of para-hydroxylation sites is 1. The highest BCUT2D eigenvalue weighted by atomic mass is 16.5. The summed E-state index contributed by atoms with van der Waals surface area (Å²) in [7, 11) is 0. The summed E-state index contributed by atoms with van der Waals surface area (Å²) in [6.45, 7) is 6.03. The summed E-state index contributed by atoms with van der Waals surface area (Å²) in [6.07, 6.45) is 2.21. The van der Waals surface area contributed by atoms with E-state index < -0.39 is 0 Å². The minimum absolute atomic E-state index is 0.0582. The number of carbonyl (C=O) groups is 1. The predicted octanol–water partition coefficient (Wildman–Crippen LogP) is 2.08. The van der Waals surface area contributed by atoms with E-state index in [1.807, 2.05) is 23.1 Å². The van der Waals surface area contributed by atoms with Crippen LogP contribution in [0.15, 0.2) is 24.3 Å². The third kappa shape index (κ3) is 2.72. The minimum Gasteiger partial charge on any atom is -0.370 e. The number of amides is 1. The van der Waals surface area contributed by atoms with Gasteiger partial charge in [0.1, 0.15) is 0 Å². The first-order valence-corrected chi connectivity index (χ1v) is 7.32. The van der Waals surface area contributed by atoms with E-state index in [0.717, 1.165) is 25.1 Å². The number of rotatable bonds is 2. The molecule has 0 saturated carbocycles. The van der Waals surface area contributed by atoms with E-state index in [1.165, 1.54) is 5.56 Å². The van der Waals surface area contributed by atoms with Crippen LogP contribution in [0.2, 0.25) is 0 Å². The molecule has 3 rings (SSSR count). The Hall–Kier alpha value is -1.39. The van der Waals surface area contributed by atoms with Crippen molar-refractivity contribution in [2.45, 2.75) is 44.9 Å². The molecule has 0 radical (unpaired) electrons. The molecule has 1 fully saturated rings. The maximum atomic E-state index is 12.3. The van der Waals surface area contributed by atoms with Crippen molar-refractivity contribution in [2.75, 3.05) is 18.0 Å². The fraction of sp³-hybridized carbons (Fsp3) is 0.562. The summed E-state index contributed by atoms with van der Waals surface area (Å²) in [4.78, 5) is 14.2. The minimum atomic E-state index is -0.0582. The lowest BCUT2D eigenvalue weighted by Crippen LogP contribution is -2.41. The first-order valence-electron chi connectivity index (χ1n) is 7.32. The van der Waals surface area contributed by atoms with Gasteiger partial charge in [-0.3, -0.25) is 4.79 Å². The zero-order chi connectivity index (χ0) is 14.2. The lowest BCUT2D eigenvalue weighted by molar-refractivity contribution is -0.118. The molecule has 108 valence electrons. The van der Waals surface area contributed by atoms with Gasteiger partial charge in [-0.1, -0.05) is 18.2 Å². The lowest BCUT2D eigenvalue weighted by atomic mass is 10.1. The van der Waals surface area contributed by atoms with E-state index in [-0.39, 0.29) is 17.6 Å². The van der Waals surface area contributed by atoms with Gasteiger partial charge in [0.15, 0.2) is 0 Å². The number of carbonyl (C=O) groups excluding carboxylic acids is 1. The van der Waals surface area contributed by atoms with Crippen LogP contribution in [0.3, 0.4) is 0 Å². The molecular weight excluding hydrogens is 252 g/mol. The fourth-order valence-electron chi connectivity index (χ4n) is 3.07. The van der Waals surface area contributed by atoms with Gasteiger partial charge in [0.05, 0.1) is 24.8 Å². The van der Waals surface area contributed by atoms with Gasteiger partial charge in [-0.2, -0.15) is 0 Å². The molecule has 0 bridgehead atoms. The summed E-state index contributed by atoms with van der Waals surface area (Å²) in [5, 5.41) is 3.19. The zero-order valence-corrected chi connectivity index (χ0v) is 12.2. The summed E-state index contributed by atoms with van der Waals surface area (Å²) in [6, 6.07) is 8.11. The SMILES string of the molecule is CC1(C)CCC(CN2C(=O)CNCc3ccccc32)O1. The Morgan fingerprint density at radius 1 is 1.35 bits per heavy atom. The second kappa shape index (κ2) is 5.19. The Kier molecular flexibility index (Phi) is 3.52. The van der Waals surface area contributed by atoms with Crippen molar-refractivity contribution in [3.05, 3.63) is 29.8 Å². The van der Waals surface area contributed by atoms with Gasteiger partial charge in [-0.25, -0.2) is 0 Å². The van der Waals surface area contributed by atoms with Crippen molar-refractivity contribution >= 4 is 11.6 Å². The van der Waals surface area contributed by atoms with Crippen molar-refractivity contribution < 1.29 is 9.53 Å². The van der Waals surface area contributed by atoms with E-state index in [0.29, 0.717) is 13.1 Å². The van der Waals surface area contributed by atoms with Crippen LogP contribution < -0.4 is 10.2 Å². The largest absolute Gasteiger partial charge is 0.370 e. The summed E-state index contributed by atoms with van der Waals surface area (Å²) >= 11 is 0. The third-order valence-electron chi connectivity index (χ3n) is 4.12. The highest BCUT2D eigenvalue weighted by molar-refractivity contribution is 5.96. The van der Waals surface area contributed by atoms with E-state index >= 15 is 0 Å². The number of nitrogens with one attached hydrogen (secondary N) is 1. The number of fused-ring (bicyclic) bond motifs is 1. The molecule has 1 unspecified atom stereocenters. The van der Waals surface area contributed by atoms with Gasteiger partial charge in [-0.15, -0.1) is 0 Å². The molecule has 1 aromatic carbocycles. The Bertz CT molecular complexity index is 513. The van der Waals surface area contributed by atoms with Crippen LogP contribution >= 0.6 is 0 Å². The second-order valence-corrected chi connectivity index (χ2v) is 6.27. The molecule has 2 heterocycles. The van der Waals surface area contributed by atoms with Gasteiger partial charge < -0.3 is 15.0 Å². The van der Waals surface area contributed by atoms with E-state index in [1.54, 1.807) is 0 Å². The maximum absolute atomic E-state index is 12.3. The highest BCUT2D eigenvalue weighted by Gasteiger charge is 2.34. The fourth-order valence-corrected chi connectivity index (χ4v) is 3.07. The number of hydrogen-bond donors (Lipinski definition) is 1. The van der Waals surface area contributed by atoms with Crippen LogP contribution in [-0.2, 0) is 16.1 Å². The third-order valence-corrected chi connectivity index (χ3v) is 4.12. The summed E-state index contributed by atoms with van der Waals surface area (Å²) in [5.41, 5.74) is 2.14. The molecule has 0 spiro atoms. The molecule has 4 heteroatoms. The average Bonchev–Trinajstić information content (AvgIpc) is 2.67. The van der Waals surface area contributed by atoms with Crippen molar-refractivity contribution in [2.24, 2.45) is 0 Å². The number of hydrogen-bond acceptors (Lipinski definition) is 3. The summed E-state index contributed by atoms with van der Waals surface area (Å²) in [5.74, 6) is 0.128. The Morgan fingerprint density at radius 3 is 2.90 bits per heavy atom. The van der Waals surface area contributed by atoms with Crippen LogP contribution in [0.1, 0.15) is 32.3 Å². The molecule has 0 aromatic heterocycles. The Morgan fingerprint density at radius 2 is 2.15 bits per heavy atom. The Balaban J connectivity index is 1.82. The van der Waals surface area contributed by atoms with Crippen molar-refractivity contribution in [3.63, 3.8) is 0 Å². The smallest absolute Gasteiger partial charge is 0.241 e. The van der Waals surface area contributed by atoms with Gasteiger partial charge in [-0.05, 0) is 38.3 Å². The van der Waals surface area contributed by atoms with E-state index in [9.17, 15) is 4.79 Å². The molecule has 1 N–H and O–H groups in total. The topological polar surface area (TPSA) is 41.6 Å². The quantitative estimate of drug-likeness (QED) is 0.898. The number of anilines is 1. The first-order chi connectivity index (χ1) is 9.55. The average molecular weight is 274 g/mol. The van der Waals surface area contributed by atoms with E-state index in [4.69, 9.17) is 4.74 Å². The number of nitrogens with zero attached hydrogens (tertiary/aromatic N) is 1. The van der Waals surface area contributed by atoms with Crippen LogP contribution in [-0.4, -0.2) is 30.7 Å². The lowest BCUT2D eigenvalue weighted by Gasteiger charge is -2.27. The van der Waals surface area contributed by atoms with Crippen LogP contribution in [0.4, 0.5) is 5.69 Å².